The number of benzene rings is 4. The predicted octanol–water partition coefficient (Wildman–Crippen LogP) is 5.20. The van der Waals surface area contributed by atoms with E-state index >= 15 is 0 Å². The second kappa shape index (κ2) is 15.0. The molecule has 1 fully saturated rings. The maximum atomic E-state index is 12.3. The number of rotatable bonds is 11. The average Bonchev–Trinajstić information content (AvgIpc) is 3.58. The van der Waals surface area contributed by atoms with Crippen LogP contribution in [0.5, 0.6) is 5.75 Å². The summed E-state index contributed by atoms with van der Waals surface area (Å²) in [5, 5.41) is 37.7. The van der Waals surface area contributed by atoms with E-state index in [1.54, 1.807) is 28.9 Å². The van der Waals surface area contributed by atoms with Crippen LogP contribution in [0.2, 0.25) is 0 Å². The molecule has 0 radical (unpaired) electrons. The molecule has 4 N–H and O–H groups in total. The normalized spacial score (nSPS) is 17.8. The summed E-state index contributed by atoms with van der Waals surface area (Å²) in [5.41, 5.74) is 5.40. The summed E-state index contributed by atoms with van der Waals surface area (Å²) < 4.78 is 14.6. The fraction of sp³-hybridized carbons (Fsp3) is 0.235. The molecule has 0 unspecified atom stereocenters. The van der Waals surface area contributed by atoms with Crippen molar-refractivity contribution in [3.8, 4) is 11.4 Å². The molecule has 1 aromatic heterocycles. The Kier molecular flexibility index (Phi) is 10.2. The summed E-state index contributed by atoms with van der Waals surface area (Å²) in [6, 6.07) is 31.8. The third-order valence-electron chi connectivity index (χ3n) is 7.55. The molecule has 2 heterocycles. The van der Waals surface area contributed by atoms with Crippen molar-refractivity contribution in [3.63, 3.8) is 0 Å². The number of aliphatic hydroxyl groups is 1. The number of hydrogen-bond acceptors (Lipinski definition) is 9. The monoisotopic (exact) mass is 638 g/mol. The Hall–Kier alpha value is -4.75. The molecule has 46 heavy (non-hydrogen) atoms. The molecule has 11 nitrogen and oxygen atoms in total. The smallest absolute Gasteiger partial charge is 0.315 e. The molecule has 1 saturated heterocycles. The molecule has 0 saturated carbocycles. The van der Waals surface area contributed by atoms with Crippen molar-refractivity contribution in [1.82, 2.24) is 30.8 Å². The summed E-state index contributed by atoms with van der Waals surface area (Å²) in [6.07, 6.45) is -0.431. The van der Waals surface area contributed by atoms with E-state index in [4.69, 9.17) is 9.47 Å². The SMILES string of the molecule is O=C(NCc1ccccc1)NCc1ccc([C@H]2O[C@@H](CSc3nnnn3-c3ccc(O)cc3)C[C@@H](c3ccc(CO)cc3)O2)cc1. The lowest BCUT2D eigenvalue weighted by molar-refractivity contribution is -0.245. The summed E-state index contributed by atoms with van der Waals surface area (Å²) in [5.74, 6) is 0.739. The van der Waals surface area contributed by atoms with Gasteiger partial charge in [-0.3, -0.25) is 0 Å². The molecule has 0 aliphatic carbocycles. The van der Waals surface area contributed by atoms with E-state index in [-0.39, 0.29) is 30.6 Å². The highest BCUT2D eigenvalue weighted by Crippen LogP contribution is 2.39. The van der Waals surface area contributed by atoms with Crippen LogP contribution in [0.25, 0.3) is 5.69 Å². The number of tetrazole rings is 1. The number of aromatic nitrogens is 4. The lowest BCUT2D eigenvalue weighted by Gasteiger charge is -2.36. The Morgan fingerprint density at radius 1 is 0.826 bits per heavy atom. The highest BCUT2D eigenvalue weighted by atomic mass is 32.2. The number of aliphatic hydroxyl groups excluding tert-OH is 1. The van der Waals surface area contributed by atoms with Crippen molar-refractivity contribution in [2.24, 2.45) is 0 Å². The number of nitrogens with zero attached hydrogens (tertiary/aromatic N) is 4. The zero-order valence-electron chi connectivity index (χ0n) is 24.9. The number of ether oxygens (including phenoxy) is 2. The van der Waals surface area contributed by atoms with Gasteiger partial charge in [-0.1, -0.05) is 90.6 Å². The minimum atomic E-state index is -0.619. The molecule has 1 aliphatic rings. The average molecular weight is 639 g/mol. The molecule has 12 heteroatoms. The van der Waals surface area contributed by atoms with Gasteiger partial charge < -0.3 is 30.3 Å². The topological polar surface area (TPSA) is 144 Å². The maximum absolute atomic E-state index is 12.3. The summed E-state index contributed by atoms with van der Waals surface area (Å²) in [4.78, 5) is 12.3. The molecular formula is C34H34N6O5S. The highest BCUT2D eigenvalue weighted by Gasteiger charge is 2.32. The van der Waals surface area contributed by atoms with Gasteiger partial charge in [0.25, 0.3) is 0 Å². The Labute approximate surface area is 270 Å². The first kappa shape index (κ1) is 31.2. The first-order valence-electron chi connectivity index (χ1n) is 14.9. The lowest BCUT2D eigenvalue weighted by Crippen LogP contribution is -2.34. The Balaban J connectivity index is 1.11. The third-order valence-corrected chi connectivity index (χ3v) is 8.60. The van der Waals surface area contributed by atoms with Crippen LogP contribution in [0, 0.1) is 0 Å². The molecule has 6 rings (SSSR count). The van der Waals surface area contributed by atoms with Gasteiger partial charge in [0.2, 0.25) is 5.16 Å². The van der Waals surface area contributed by atoms with E-state index in [2.05, 4.69) is 26.2 Å². The Bertz CT molecular complexity index is 1700. The molecule has 236 valence electrons. The van der Waals surface area contributed by atoms with Crippen LogP contribution >= 0.6 is 11.8 Å². The molecule has 0 bridgehead atoms. The van der Waals surface area contributed by atoms with Gasteiger partial charge in [0.1, 0.15) is 5.75 Å². The van der Waals surface area contributed by atoms with Crippen LogP contribution < -0.4 is 10.6 Å². The van der Waals surface area contributed by atoms with Crippen molar-refractivity contribution in [2.45, 2.75) is 49.8 Å². The predicted molar refractivity (Wildman–Crippen MR) is 172 cm³/mol. The quantitative estimate of drug-likeness (QED) is 0.144. The summed E-state index contributed by atoms with van der Waals surface area (Å²) in [7, 11) is 0. The van der Waals surface area contributed by atoms with E-state index in [9.17, 15) is 15.0 Å². The number of carbonyl (C=O) groups excluding carboxylic acids is 1. The van der Waals surface area contributed by atoms with Gasteiger partial charge in [-0.2, -0.15) is 4.68 Å². The minimum Gasteiger partial charge on any atom is -0.508 e. The first-order valence-corrected chi connectivity index (χ1v) is 15.9. The van der Waals surface area contributed by atoms with Crippen molar-refractivity contribution in [3.05, 3.63) is 131 Å². The van der Waals surface area contributed by atoms with Crippen molar-refractivity contribution in [1.29, 1.82) is 0 Å². The van der Waals surface area contributed by atoms with Crippen LogP contribution in [-0.4, -0.2) is 48.3 Å². The number of thioether (sulfide) groups is 1. The van der Waals surface area contributed by atoms with Gasteiger partial charge in [-0.25, -0.2) is 4.79 Å². The Morgan fingerprint density at radius 2 is 1.48 bits per heavy atom. The van der Waals surface area contributed by atoms with Gasteiger partial charge in [0, 0.05) is 30.8 Å². The fourth-order valence-electron chi connectivity index (χ4n) is 5.03. The highest BCUT2D eigenvalue weighted by molar-refractivity contribution is 7.99. The Morgan fingerprint density at radius 3 is 2.17 bits per heavy atom. The fourth-order valence-corrected chi connectivity index (χ4v) is 5.94. The molecular weight excluding hydrogens is 604 g/mol. The molecule has 2 amide bonds. The number of hydrogen-bond donors (Lipinski definition) is 4. The van der Waals surface area contributed by atoms with Crippen LogP contribution in [-0.2, 0) is 29.2 Å². The van der Waals surface area contributed by atoms with E-state index in [0.29, 0.717) is 30.4 Å². The van der Waals surface area contributed by atoms with E-state index in [0.717, 1.165) is 33.5 Å². The van der Waals surface area contributed by atoms with Crippen molar-refractivity contribution < 1.29 is 24.5 Å². The second-order valence-corrected chi connectivity index (χ2v) is 11.8. The minimum absolute atomic E-state index is 0.0254. The van der Waals surface area contributed by atoms with E-state index < -0.39 is 6.29 Å². The van der Waals surface area contributed by atoms with Crippen LogP contribution in [0.1, 0.15) is 46.6 Å². The van der Waals surface area contributed by atoms with Gasteiger partial charge >= 0.3 is 6.03 Å². The number of urea groups is 1. The lowest BCUT2D eigenvalue weighted by atomic mass is 10.0. The van der Waals surface area contributed by atoms with Gasteiger partial charge in [0.15, 0.2) is 6.29 Å². The number of carbonyl (C=O) groups is 1. The second-order valence-electron chi connectivity index (χ2n) is 10.8. The number of nitrogens with one attached hydrogen (secondary N) is 2. The van der Waals surface area contributed by atoms with Crippen LogP contribution in [0.15, 0.2) is 108 Å². The molecule has 5 aromatic rings. The van der Waals surface area contributed by atoms with Crippen molar-refractivity contribution >= 4 is 17.8 Å². The zero-order valence-corrected chi connectivity index (χ0v) is 25.7. The van der Waals surface area contributed by atoms with Crippen LogP contribution in [0.4, 0.5) is 4.79 Å². The molecule has 4 aromatic carbocycles. The largest absolute Gasteiger partial charge is 0.508 e. The van der Waals surface area contributed by atoms with Gasteiger partial charge in [-0.05, 0) is 56.9 Å². The van der Waals surface area contributed by atoms with Crippen LogP contribution in [0.3, 0.4) is 0 Å². The van der Waals surface area contributed by atoms with Crippen molar-refractivity contribution in [2.75, 3.05) is 5.75 Å². The first-order chi connectivity index (χ1) is 22.5. The number of amides is 2. The number of phenols is 1. The zero-order chi connectivity index (χ0) is 31.7. The van der Waals surface area contributed by atoms with Gasteiger partial charge in [0.05, 0.1) is 24.5 Å². The molecule has 0 spiro atoms. The standard InChI is InChI=1S/C34H34N6O5S/c41-21-25-8-10-26(11-9-25)31-18-30(22-46-34-37-38-39-40(34)28-14-16-29(42)17-15-28)44-32(45-31)27-12-6-24(7-13-27)20-36-33(43)35-19-23-4-2-1-3-5-23/h1-17,30-32,41-42H,18-22H2,(H2,35,36,43)/t30-,31+,32+/m1/s1. The van der Waals surface area contributed by atoms with E-state index in [1.807, 2.05) is 78.9 Å². The maximum Gasteiger partial charge on any atom is 0.315 e. The summed E-state index contributed by atoms with van der Waals surface area (Å²) >= 11 is 1.48. The number of aromatic hydroxyl groups is 1. The number of phenolic OH excluding ortho intramolecular Hbond substituents is 1. The van der Waals surface area contributed by atoms with E-state index in [1.165, 1.54) is 11.8 Å². The molecule has 3 atom stereocenters. The van der Waals surface area contributed by atoms with Gasteiger partial charge in [-0.15, -0.1) is 5.10 Å². The summed E-state index contributed by atoms with van der Waals surface area (Å²) in [6.45, 7) is 0.807. The third kappa shape index (κ3) is 8.09. The molecule has 1 aliphatic heterocycles.